The van der Waals surface area contributed by atoms with E-state index in [-0.39, 0.29) is 24.7 Å². The third kappa shape index (κ3) is 3.76. The third-order valence-corrected chi connectivity index (χ3v) is 4.50. The van der Waals surface area contributed by atoms with Crippen LogP contribution in [-0.4, -0.2) is 34.7 Å². The molecule has 0 saturated heterocycles. The number of nitrogens with one attached hydrogen (secondary N) is 1. The number of nitrogens with zero attached hydrogens (tertiary/aromatic N) is 1. The van der Waals surface area contributed by atoms with Gasteiger partial charge in [0.2, 0.25) is 5.91 Å². The van der Waals surface area contributed by atoms with Crippen LogP contribution in [0, 0.1) is 6.92 Å². The first-order valence-electron chi connectivity index (χ1n) is 9.09. The fourth-order valence-corrected chi connectivity index (χ4v) is 3.14. The van der Waals surface area contributed by atoms with Gasteiger partial charge in [0.1, 0.15) is 6.61 Å². The van der Waals surface area contributed by atoms with Crippen molar-refractivity contribution in [3.63, 3.8) is 0 Å². The second-order valence-electron chi connectivity index (χ2n) is 6.62. The summed E-state index contributed by atoms with van der Waals surface area (Å²) in [7, 11) is 0. The molecule has 0 atom stereocenters. The van der Waals surface area contributed by atoms with E-state index in [2.05, 4.69) is 11.1 Å². The molecule has 1 N–H and O–H groups in total. The molecule has 28 heavy (non-hydrogen) atoms. The van der Waals surface area contributed by atoms with E-state index >= 15 is 0 Å². The van der Waals surface area contributed by atoms with E-state index in [1.54, 1.807) is 0 Å². The first-order chi connectivity index (χ1) is 13.6. The standard InChI is InChI=1S/C22H20N2O4/c1-15-13-16-5-4-8-20(22(16)23-15)28-19-7-3-2-6-18(19)27-12-11-24-10-9-17(25)14-21(24)26/h2-10,13,23H,11-12,14H2,1H3. The lowest BCUT2D eigenvalue weighted by molar-refractivity contribution is -0.133. The van der Waals surface area contributed by atoms with E-state index in [9.17, 15) is 9.59 Å². The van der Waals surface area contributed by atoms with Crippen molar-refractivity contribution < 1.29 is 19.1 Å². The van der Waals surface area contributed by atoms with Crippen LogP contribution >= 0.6 is 0 Å². The number of fused-ring (bicyclic) bond motifs is 1. The quantitative estimate of drug-likeness (QED) is 0.661. The normalized spacial score (nSPS) is 14.0. The van der Waals surface area contributed by atoms with Crippen molar-refractivity contribution in [1.29, 1.82) is 0 Å². The monoisotopic (exact) mass is 376 g/mol. The molecule has 1 aromatic heterocycles. The van der Waals surface area contributed by atoms with E-state index in [1.165, 1.54) is 17.2 Å². The smallest absolute Gasteiger partial charge is 0.234 e. The molecule has 1 amide bonds. The van der Waals surface area contributed by atoms with Crippen LogP contribution in [0.1, 0.15) is 12.1 Å². The van der Waals surface area contributed by atoms with Crippen LogP contribution in [-0.2, 0) is 9.59 Å². The van der Waals surface area contributed by atoms with Gasteiger partial charge >= 0.3 is 0 Å². The molecule has 0 spiro atoms. The zero-order chi connectivity index (χ0) is 19.5. The van der Waals surface area contributed by atoms with Gasteiger partial charge in [0.15, 0.2) is 23.0 Å². The van der Waals surface area contributed by atoms with Gasteiger partial charge < -0.3 is 19.4 Å². The van der Waals surface area contributed by atoms with E-state index < -0.39 is 0 Å². The summed E-state index contributed by atoms with van der Waals surface area (Å²) in [4.78, 5) is 27.9. The van der Waals surface area contributed by atoms with Gasteiger partial charge in [0.25, 0.3) is 0 Å². The highest BCUT2D eigenvalue weighted by atomic mass is 16.5. The van der Waals surface area contributed by atoms with Gasteiger partial charge in [-0.15, -0.1) is 0 Å². The number of ether oxygens (including phenoxy) is 2. The Bertz CT molecular complexity index is 1070. The van der Waals surface area contributed by atoms with Crippen LogP contribution < -0.4 is 9.47 Å². The van der Waals surface area contributed by atoms with Crippen LogP contribution in [0.2, 0.25) is 0 Å². The molecule has 2 heterocycles. The molecule has 1 aliphatic heterocycles. The largest absolute Gasteiger partial charge is 0.488 e. The van der Waals surface area contributed by atoms with Gasteiger partial charge in [0, 0.05) is 17.3 Å². The van der Waals surface area contributed by atoms with E-state index in [0.717, 1.165) is 16.6 Å². The highest BCUT2D eigenvalue weighted by Gasteiger charge is 2.19. The molecule has 4 rings (SSSR count). The summed E-state index contributed by atoms with van der Waals surface area (Å²) in [6.07, 6.45) is 2.83. The summed E-state index contributed by atoms with van der Waals surface area (Å²) >= 11 is 0. The second kappa shape index (κ2) is 7.60. The van der Waals surface area contributed by atoms with Gasteiger partial charge in [-0.3, -0.25) is 9.59 Å². The summed E-state index contributed by atoms with van der Waals surface area (Å²) in [5.41, 5.74) is 2.00. The number of carbonyl (C=O) groups is 2. The number of aryl methyl sites for hydroxylation is 1. The van der Waals surface area contributed by atoms with Crippen LogP contribution in [0.4, 0.5) is 0 Å². The predicted octanol–water partition coefficient (Wildman–Crippen LogP) is 3.96. The van der Waals surface area contributed by atoms with Gasteiger partial charge in [0.05, 0.1) is 18.5 Å². The van der Waals surface area contributed by atoms with Crippen molar-refractivity contribution >= 4 is 22.6 Å². The Morgan fingerprint density at radius 3 is 2.64 bits per heavy atom. The average Bonchev–Trinajstić information content (AvgIpc) is 3.06. The Morgan fingerprint density at radius 2 is 1.82 bits per heavy atom. The summed E-state index contributed by atoms with van der Waals surface area (Å²) in [6.45, 7) is 2.66. The van der Waals surface area contributed by atoms with Gasteiger partial charge in [-0.2, -0.15) is 0 Å². The van der Waals surface area contributed by atoms with Crippen molar-refractivity contribution in [2.75, 3.05) is 13.2 Å². The SMILES string of the molecule is Cc1cc2cccc(Oc3ccccc3OCCN3C=CC(=O)CC3=O)c2[nH]1. The second-order valence-corrected chi connectivity index (χ2v) is 6.62. The lowest BCUT2D eigenvalue weighted by atomic mass is 10.2. The highest BCUT2D eigenvalue weighted by molar-refractivity contribution is 6.06. The number of H-pyrrole nitrogens is 1. The number of ketones is 1. The number of allylic oxidation sites excluding steroid dienone is 1. The van der Waals surface area contributed by atoms with Crippen molar-refractivity contribution in [3.8, 4) is 17.2 Å². The number of rotatable bonds is 6. The fraction of sp³-hybridized carbons (Fsp3) is 0.182. The van der Waals surface area contributed by atoms with Crippen LogP contribution in [0.25, 0.3) is 10.9 Å². The maximum atomic E-state index is 11.9. The minimum Gasteiger partial charge on any atom is -0.488 e. The number of para-hydroxylation sites is 3. The molecule has 0 fully saturated rings. The fourth-order valence-electron chi connectivity index (χ4n) is 3.14. The summed E-state index contributed by atoms with van der Waals surface area (Å²) in [5.74, 6) is 1.52. The summed E-state index contributed by atoms with van der Waals surface area (Å²) in [6, 6.07) is 15.4. The highest BCUT2D eigenvalue weighted by Crippen LogP contribution is 2.35. The third-order valence-electron chi connectivity index (χ3n) is 4.50. The van der Waals surface area contributed by atoms with Gasteiger partial charge in [-0.25, -0.2) is 0 Å². The molecule has 142 valence electrons. The van der Waals surface area contributed by atoms with E-state index in [4.69, 9.17) is 9.47 Å². The molecule has 0 radical (unpaired) electrons. The molecule has 1 aliphatic rings. The maximum absolute atomic E-state index is 11.9. The Balaban J connectivity index is 1.47. The molecule has 0 aliphatic carbocycles. The Labute approximate surface area is 162 Å². The van der Waals surface area contributed by atoms with Gasteiger partial charge in [-0.05, 0) is 37.3 Å². The lowest BCUT2D eigenvalue weighted by Crippen LogP contribution is -2.34. The number of carbonyl (C=O) groups excluding carboxylic acids is 2. The van der Waals surface area contributed by atoms with Crippen molar-refractivity contribution in [2.24, 2.45) is 0 Å². The Kier molecular flexibility index (Phi) is 4.85. The topological polar surface area (TPSA) is 71.6 Å². The average molecular weight is 376 g/mol. The molecular formula is C22H20N2O4. The van der Waals surface area contributed by atoms with Crippen molar-refractivity contribution in [3.05, 3.63) is 66.5 Å². The predicted molar refractivity (Wildman–Crippen MR) is 106 cm³/mol. The zero-order valence-corrected chi connectivity index (χ0v) is 15.5. The molecular weight excluding hydrogens is 356 g/mol. The van der Waals surface area contributed by atoms with E-state index in [0.29, 0.717) is 23.8 Å². The number of hydrogen-bond donors (Lipinski definition) is 1. The Morgan fingerprint density at radius 1 is 1.04 bits per heavy atom. The number of aromatic nitrogens is 1. The first-order valence-corrected chi connectivity index (χ1v) is 9.09. The molecule has 0 unspecified atom stereocenters. The number of amides is 1. The number of aromatic amines is 1. The minimum absolute atomic E-state index is 0.0875. The van der Waals surface area contributed by atoms with Crippen LogP contribution in [0.15, 0.2) is 60.8 Å². The van der Waals surface area contributed by atoms with Crippen LogP contribution in [0.3, 0.4) is 0 Å². The summed E-state index contributed by atoms with van der Waals surface area (Å²) in [5, 5.41) is 1.08. The van der Waals surface area contributed by atoms with E-state index in [1.807, 2.05) is 49.4 Å². The number of benzene rings is 2. The zero-order valence-electron chi connectivity index (χ0n) is 15.5. The van der Waals surface area contributed by atoms with Crippen molar-refractivity contribution in [1.82, 2.24) is 9.88 Å². The van der Waals surface area contributed by atoms with Crippen LogP contribution in [0.5, 0.6) is 17.2 Å². The lowest BCUT2D eigenvalue weighted by Gasteiger charge is -2.21. The molecule has 0 saturated carbocycles. The van der Waals surface area contributed by atoms with Crippen molar-refractivity contribution in [2.45, 2.75) is 13.3 Å². The molecule has 0 bridgehead atoms. The molecule has 3 aromatic rings. The first kappa shape index (κ1) is 17.9. The minimum atomic E-state index is -0.213. The maximum Gasteiger partial charge on any atom is 0.234 e. The van der Waals surface area contributed by atoms with Gasteiger partial charge in [-0.1, -0.05) is 24.3 Å². The molecule has 6 nitrogen and oxygen atoms in total. The summed E-state index contributed by atoms with van der Waals surface area (Å²) < 4.78 is 12.0. The Hall–Kier alpha value is -3.54. The molecule has 2 aromatic carbocycles. The molecule has 6 heteroatoms. The number of hydrogen-bond acceptors (Lipinski definition) is 4.